The summed E-state index contributed by atoms with van der Waals surface area (Å²) >= 11 is 0. The van der Waals surface area contributed by atoms with E-state index in [1.165, 1.54) is 44.2 Å². The molecule has 0 heterocycles. The van der Waals surface area contributed by atoms with Gasteiger partial charge in [0, 0.05) is 12.5 Å². The molecule has 0 saturated heterocycles. The van der Waals surface area contributed by atoms with E-state index in [4.69, 9.17) is 5.73 Å². The van der Waals surface area contributed by atoms with Crippen LogP contribution in [-0.4, -0.2) is 20.4 Å². The average molecular weight is 384 g/mol. The largest absolute Gasteiger partial charge is 0.342 e. The summed E-state index contributed by atoms with van der Waals surface area (Å²) in [7, 11) is -4.00. The predicted molar refractivity (Wildman–Crippen MR) is 104 cm³/mol. The molecular formula is C20H33NO4S. The molecule has 1 unspecified atom stereocenters. The van der Waals surface area contributed by atoms with E-state index in [2.05, 4.69) is 11.1 Å². The van der Waals surface area contributed by atoms with Crippen LogP contribution in [0.4, 0.5) is 0 Å². The van der Waals surface area contributed by atoms with E-state index in [1.54, 1.807) is 18.2 Å². The molecule has 1 atom stereocenters. The molecule has 1 rings (SSSR count). The Morgan fingerprint density at radius 3 is 2.15 bits per heavy atom. The third kappa shape index (κ3) is 9.92. The summed E-state index contributed by atoms with van der Waals surface area (Å²) in [5, 5.41) is 0. The van der Waals surface area contributed by atoms with Gasteiger partial charge in [-0.3, -0.25) is 4.79 Å². The van der Waals surface area contributed by atoms with E-state index < -0.39 is 16.1 Å². The van der Waals surface area contributed by atoms with Crippen molar-refractivity contribution in [2.75, 3.05) is 0 Å². The van der Waals surface area contributed by atoms with Crippen molar-refractivity contribution in [2.24, 2.45) is 5.73 Å². The highest BCUT2D eigenvalue weighted by Gasteiger charge is 2.19. The fourth-order valence-electron chi connectivity index (χ4n) is 2.81. The number of hydrogen-bond donors (Lipinski definition) is 1. The first-order valence-corrected chi connectivity index (χ1v) is 11.1. The molecule has 0 fully saturated rings. The number of carbonyl (C=O) groups excluding carboxylic acids is 1. The van der Waals surface area contributed by atoms with Gasteiger partial charge in [0.15, 0.2) is 0 Å². The Kier molecular flexibility index (Phi) is 11.2. The first-order chi connectivity index (χ1) is 12.5. The third-order valence-corrected chi connectivity index (χ3v) is 5.62. The summed E-state index contributed by atoms with van der Waals surface area (Å²) in [6.07, 6.45) is 10.8. The highest BCUT2D eigenvalue weighted by atomic mass is 32.2. The van der Waals surface area contributed by atoms with Gasteiger partial charge in [-0.1, -0.05) is 70.1 Å². The quantitative estimate of drug-likeness (QED) is 0.376. The van der Waals surface area contributed by atoms with Gasteiger partial charge in [-0.25, -0.2) is 0 Å². The van der Waals surface area contributed by atoms with Gasteiger partial charge in [-0.2, -0.15) is 8.42 Å². The molecule has 0 aliphatic rings. The molecule has 0 saturated carbocycles. The summed E-state index contributed by atoms with van der Waals surface area (Å²) in [4.78, 5) is 11.7. The Labute approximate surface area is 158 Å². The van der Waals surface area contributed by atoms with Crippen molar-refractivity contribution in [3.63, 3.8) is 0 Å². The van der Waals surface area contributed by atoms with E-state index in [-0.39, 0.29) is 17.4 Å². The molecule has 0 bridgehead atoms. The van der Waals surface area contributed by atoms with E-state index in [1.807, 2.05) is 0 Å². The second-order valence-corrected chi connectivity index (χ2v) is 8.33. The van der Waals surface area contributed by atoms with Crippen molar-refractivity contribution in [1.29, 1.82) is 0 Å². The number of carbonyl (C=O) groups is 1. The summed E-state index contributed by atoms with van der Waals surface area (Å²) in [6, 6.07) is 7.93. The van der Waals surface area contributed by atoms with Crippen molar-refractivity contribution in [2.45, 2.75) is 88.5 Å². The zero-order valence-corrected chi connectivity index (χ0v) is 16.7. The summed E-state index contributed by atoms with van der Waals surface area (Å²) < 4.78 is 28.5. The number of unbranched alkanes of at least 4 members (excludes halogenated alkanes) is 6. The highest BCUT2D eigenvalue weighted by molar-refractivity contribution is 7.87. The van der Waals surface area contributed by atoms with E-state index in [0.717, 1.165) is 25.7 Å². The Hall–Kier alpha value is -1.40. The minimum atomic E-state index is -4.00. The fraction of sp³-hybridized carbons (Fsp3) is 0.650. The van der Waals surface area contributed by atoms with Crippen LogP contribution in [0.1, 0.15) is 77.6 Å². The summed E-state index contributed by atoms with van der Waals surface area (Å²) in [5.41, 5.74) is 6.11. The zero-order valence-electron chi connectivity index (χ0n) is 15.9. The van der Waals surface area contributed by atoms with E-state index in [0.29, 0.717) is 6.42 Å². The SMILES string of the molecule is CCCCCCCC(N)CCCCCC(=O)OS(=O)(=O)c1ccccc1. The molecule has 1 aromatic carbocycles. The second kappa shape index (κ2) is 12.9. The van der Waals surface area contributed by atoms with Crippen molar-refractivity contribution in [3.05, 3.63) is 30.3 Å². The third-order valence-electron chi connectivity index (χ3n) is 4.37. The van der Waals surface area contributed by atoms with Crippen LogP contribution in [0, 0.1) is 0 Å². The lowest BCUT2D eigenvalue weighted by molar-refractivity contribution is -0.133. The normalized spacial score (nSPS) is 12.7. The molecule has 0 aliphatic heterocycles. The van der Waals surface area contributed by atoms with Crippen LogP contribution in [0.15, 0.2) is 35.2 Å². The first kappa shape index (κ1) is 22.6. The van der Waals surface area contributed by atoms with Gasteiger partial charge in [-0.15, -0.1) is 0 Å². The monoisotopic (exact) mass is 383 g/mol. The lowest BCUT2D eigenvalue weighted by Crippen LogP contribution is -2.19. The molecule has 0 amide bonds. The number of hydrogen-bond acceptors (Lipinski definition) is 5. The van der Waals surface area contributed by atoms with Gasteiger partial charge in [0.1, 0.15) is 4.90 Å². The maximum absolute atomic E-state index is 11.9. The number of nitrogens with two attached hydrogens (primary N) is 1. The summed E-state index contributed by atoms with van der Waals surface area (Å²) in [5.74, 6) is -0.700. The number of benzene rings is 1. The molecule has 0 radical (unpaired) electrons. The van der Waals surface area contributed by atoms with Gasteiger partial charge < -0.3 is 9.92 Å². The molecular weight excluding hydrogens is 350 g/mol. The molecule has 0 aromatic heterocycles. The lowest BCUT2D eigenvalue weighted by Gasteiger charge is -2.11. The maximum Gasteiger partial charge on any atom is 0.341 e. The van der Waals surface area contributed by atoms with Crippen LogP contribution in [0.3, 0.4) is 0 Å². The van der Waals surface area contributed by atoms with E-state index >= 15 is 0 Å². The first-order valence-electron chi connectivity index (χ1n) is 9.73. The predicted octanol–water partition coefficient (Wildman–Crippen LogP) is 4.56. The Bertz CT molecular complexity index is 601. The molecule has 0 spiro atoms. The average Bonchev–Trinajstić information content (AvgIpc) is 2.61. The van der Waals surface area contributed by atoms with Gasteiger partial charge in [-0.05, 0) is 31.4 Å². The minimum absolute atomic E-state index is 0.00161. The summed E-state index contributed by atoms with van der Waals surface area (Å²) in [6.45, 7) is 2.21. The molecule has 6 heteroatoms. The maximum atomic E-state index is 11.9. The zero-order chi connectivity index (χ0) is 19.3. The van der Waals surface area contributed by atoms with Gasteiger partial charge in [0.25, 0.3) is 0 Å². The lowest BCUT2D eigenvalue weighted by atomic mass is 10.0. The van der Waals surface area contributed by atoms with Gasteiger partial charge in [0.2, 0.25) is 0 Å². The molecule has 5 nitrogen and oxygen atoms in total. The smallest absolute Gasteiger partial charge is 0.341 e. The number of rotatable bonds is 14. The standard InChI is InChI=1S/C20H33NO4S/c1-2-3-4-5-8-13-18(21)14-9-6-12-17-20(22)25-26(23,24)19-15-10-7-11-16-19/h7,10-11,15-16,18H,2-6,8-9,12-14,17,21H2,1H3. The fourth-order valence-corrected chi connectivity index (χ4v) is 3.72. The van der Waals surface area contributed by atoms with Crippen LogP contribution in [-0.2, 0) is 19.1 Å². The Balaban J connectivity index is 2.11. The van der Waals surface area contributed by atoms with Crippen molar-refractivity contribution in [1.82, 2.24) is 0 Å². The van der Waals surface area contributed by atoms with Crippen molar-refractivity contribution in [3.8, 4) is 0 Å². The van der Waals surface area contributed by atoms with Gasteiger partial charge in [0.05, 0.1) is 0 Å². The van der Waals surface area contributed by atoms with Crippen LogP contribution in [0.5, 0.6) is 0 Å². The van der Waals surface area contributed by atoms with Crippen LogP contribution in [0.25, 0.3) is 0 Å². The molecule has 2 N–H and O–H groups in total. The minimum Gasteiger partial charge on any atom is -0.342 e. The molecule has 148 valence electrons. The molecule has 0 aliphatic carbocycles. The van der Waals surface area contributed by atoms with Crippen LogP contribution in [0.2, 0.25) is 0 Å². The van der Waals surface area contributed by atoms with Gasteiger partial charge >= 0.3 is 16.1 Å². The Morgan fingerprint density at radius 1 is 0.962 bits per heavy atom. The Morgan fingerprint density at radius 2 is 1.54 bits per heavy atom. The second-order valence-electron chi connectivity index (χ2n) is 6.78. The molecule has 1 aromatic rings. The van der Waals surface area contributed by atoms with Crippen molar-refractivity contribution >= 4 is 16.1 Å². The van der Waals surface area contributed by atoms with E-state index in [9.17, 15) is 13.2 Å². The van der Waals surface area contributed by atoms with Crippen molar-refractivity contribution < 1.29 is 17.4 Å². The van der Waals surface area contributed by atoms with Crippen LogP contribution >= 0.6 is 0 Å². The topological polar surface area (TPSA) is 86.5 Å². The van der Waals surface area contributed by atoms with Crippen LogP contribution < -0.4 is 5.73 Å². The highest BCUT2D eigenvalue weighted by Crippen LogP contribution is 2.14. The molecule has 26 heavy (non-hydrogen) atoms.